The van der Waals surface area contributed by atoms with Crippen molar-refractivity contribution in [3.8, 4) is 11.5 Å². The van der Waals surface area contributed by atoms with Gasteiger partial charge in [-0.2, -0.15) is 0 Å². The molecule has 0 radical (unpaired) electrons. The number of rotatable bonds is 3. The molecule has 0 N–H and O–H groups in total. The summed E-state index contributed by atoms with van der Waals surface area (Å²) in [5.74, 6) is 0.941. The van der Waals surface area contributed by atoms with E-state index >= 15 is 0 Å². The van der Waals surface area contributed by atoms with Crippen molar-refractivity contribution < 1.29 is 14.3 Å². The zero-order valence-corrected chi connectivity index (χ0v) is 12.0. The average molecular weight is 284 g/mol. The molecule has 2 heterocycles. The van der Waals surface area contributed by atoms with Gasteiger partial charge in [0.25, 0.3) is 5.91 Å². The molecular weight excluding hydrogens is 268 g/mol. The number of para-hydroxylation sites is 1. The number of amides is 1. The van der Waals surface area contributed by atoms with Gasteiger partial charge in [-0.15, -0.1) is 0 Å². The largest absolute Gasteiger partial charge is 0.493 e. The number of carbonyl (C=O) groups is 1. The minimum absolute atomic E-state index is 0.0799. The van der Waals surface area contributed by atoms with E-state index in [9.17, 15) is 4.79 Å². The molecule has 1 aromatic carbocycles. The number of aromatic nitrogens is 1. The second-order valence-electron chi connectivity index (χ2n) is 4.81. The summed E-state index contributed by atoms with van der Waals surface area (Å²) < 4.78 is 10.6. The molecule has 108 valence electrons. The third-order valence-electron chi connectivity index (χ3n) is 3.61. The number of hydrogen-bond acceptors (Lipinski definition) is 4. The monoisotopic (exact) mass is 284 g/mol. The summed E-state index contributed by atoms with van der Waals surface area (Å²) in [5, 5.41) is 0. The molecule has 5 nitrogen and oxygen atoms in total. The van der Waals surface area contributed by atoms with Crippen molar-refractivity contribution >= 4 is 5.91 Å². The first-order valence-corrected chi connectivity index (χ1v) is 6.67. The van der Waals surface area contributed by atoms with Crippen LogP contribution in [0.5, 0.6) is 11.5 Å². The minimum Gasteiger partial charge on any atom is -0.493 e. The van der Waals surface area contributed by atoms with Crippen molar-refractivity contribution in [3.63, 3.8) is 0 Å². The van der Waals surface area contributed by atoms with Crippen molar-refractivity contribution in [3.05, 3.63) is 53.3 Å². The molecule has 0 saturated carbocycles. The molecule has 0 bridgehead atoms. The van der Waals surface area contributed by atoms with Crippen molar-refractivity contribution in [1.82, 2.24) is 9.88 Å². The van der Waals surface area contributed by atoms with Gasteiger partial charge in [-0.05, 0) is 23.8 Å². The number of carbonyl (C=O) groups excluding carboxylic acids is 1. The number of methoxy groups -OCH3 is 2. The molecule has 3 rings (SSSR count). The molecule has 1 amide bonds. The van der Waals surface area contributed by atoms with Crippen LogP contribution < -0.4 is 9.47 Å². The van der Waals surface area contributed by atoms with E-state index in [1.807, 2.05) is 12.1 Å². The van der Waals surface area contributed by atoms with Gasteiger partial charge in [-0.1, -0.05) is 12.1 Å². The first-order valence-electron chi connectivity index (χ1n) is 6.67. The van der Waals surface area contributed by atoms with E-state index in [1.165, 1.54) is 7.11 Å². The third-order valence-corrected chi connectivity index (χ3v) is 3.61. The first-order chi connectivity index (χ1) is 10.2. The molecule has 1 aliphatic heterocycles. The lowest BCUT2D eigenvalue weighted by Crippen LogP contribution is -2.26. The fourth-order valence-corrected chi connectivity index (χ4v) is 2.57. The van der Waals surface area contributed by atoms with Crippen LogP contribution in [0.15, 0.2) is 36.5 Å². The van der Waals surface area contributed by atoms with Gasteiger partial charge >= 0.3 is 0 Å². The van der Waals surface area contributed by atoms with Gasteiger partial charge in [-0.3, -0.25) is 9.78 Å². The van der Waals surface area contributed by atoms with Crippen LogP contribution in [0.4, 0.5) is 0 Å². The van der Waals surface area contributed by atoms with Crippen molar-refractivity contribution in [2.75, 3.05) is 14.2 Å². The van der Waals surface area contributed by atoms with Crippen LogP contribution in [0.2, 0.25) is 0 Å². The Hall–Kier alpha value is -2.56. The fourth-order valence-electron chi connectivity index (χ4n) is 2.57. The van der Waals surface area contributed by atoms with E-state index in [-0.39, 0.29) is 5.91 Å². The molecular formula is C16H16N2O3. The van der Waals surface area contributed by atoms with Gasteiger partial charge in [0.1, 0.15) is 0 Å². The molecule has 0 spiro atoms. The summed E-state index contributed by atoms with van der Waals surface area (Å²) in [6, 6.07) is 9.20. The highest BCUT2D eigenvalue weighted by Crippen LogP contribution is 2.33. The van der Waals surface area contributed by atoms with Gasteiger partial charge in [0.2, 0.25) is 0 Å². The zero-order valence-electron chi connectivity index (χ0n) is 12.0. The minimum atomic E-state index is -0.0799. The molecule has 0 fully saturated rings. The van der Waals surface area contributed by atoms with E-state index < -0.39 is 0 Å². The van der Waals surface area contributed by atoms with Crippen molar-refractivity contribution in [2.45, 2.75) is 13.1 Å². The maximum atomic E-state index is 12.7. The highest BCUT2D eigenvalue weighted by molar-refractivity contribution is 5.98. The molecule has 2 aromatic rings. The highest BCUT2D eigenvalue weighted by Gasteiger charge is 2.27. The Morgan fingerprint density at radius 3 is 2.71 bits per heavy atom. The van der Waals surface area contributed by atoms with Crippen LogP contribution in [0.1, 0.15) is 21.6 Å². The summed E-state index contributed by atoms with van der Waals surface area (Å²) in [4.78, 5) is 18.8. The Balaban J connectivity index is 1.91. The summed E-state index contributed by atoms with van der Waals surface area (Å²) in [6.07, 6.45) is 1.75. The molecule has 0 aliphatic carbocycles. The van der Waals surface area contributed by atoms with E-state index in [0.717, 1.165) is 11.3 Å². The maximum Gasteiger partial charge on any atom is 0.258 e. The molecule has 0 saturated heterocycles. The highest BCUT2D eigenvalue weighted by atomic mass is 16.5. The SMILES string of the molecule is COc1cccc(C(=O)N2Cc3cccnc3C2)c1OC. The average Bonchev–Trinajstić information content (AvgIpc) is 2.97. The van der Waals surface area contributed by atoms with Crippen LogP contribution in [-0.4, -0.2) is 30.0 Å². The summed E-state index contributed by atoms with van der Waals surface area (Å²) in [6.45, 7) is 1.09. The second kappa shape index (κ2) is 5.44. The Labute approximate surface area is 123 Å². The quantitative estimate of drug-likeness (QED) is 0.867. The summed E-state index contributed by atoms with van der Waals surface area (Å²) in [5.41, 5.74) is 2.55. The summed E-state index contributed by atoms with van der Waals surface area (Å²) >= 11 is 0. The van der Waals surface area contributed by atoms with Crippen LogP contribution in [-0.2, 0) is 13.1 Å². The van der Waals surface area contributed by atoms with Crippen LogP contribution in [0.3, 0.4) is 0 Å². The van der Waals surface area contributed by atoms with Crippen molar-refractivity contribution in [2.24, 2.45) is 0 Å². The van der Waals surface area contributed by atoms with Crippen LogP contribution in [0, 0.1) is 0 Å². The molecule has 0 atom stereocenters. The lowest BCUT2D eigenvalue weighted by Gasteiger charge is -2.18. The van der Waals surface area contributed by atoms with Crippen molar-refractivity contribution in [1.29, 1.82) is 0 Å². The molecule has 21 heavy (non-hydrogen) atoms. The Bertz CT molecular complexity index is 660. The number of benzene rings is 1. The third kappa shape index (κ3) is 2.31. The van der Waals surface area contributed by atoms with Gasteiger partial charge in [-0.25, -0.2) is 0 Å². The van der Waals surface area contributed by atoms with Crippen LogP contribution >= 0.6 is 0 Å². The fraction of sp³-hybridized carbons (Fsp3) is 0.250. The molecule has 5 heteroatoms. The van der Waals surface area contributed by atoms with Gasteiger partial charge < -0.3 is 14.4 Å². The van der Waals surface area contributed by atoms with E-state index in [1.54, 1.807) is 36.4 Å². The second-order valence-corrected chi connectivity index (χ2v) is 4.81. The molecule has 1 aliphatic rings. The lowest BCUT2D eigenvalue weighted by atomic mass is 10.1. The summed E-state index contributed by atoms with van der Waals surface area (Å²) in [7, 11) is 3.09. The number of fused-ring (bicyclic) bond motifs is 1. The smallest absolute Gasteiger partial charge is 0.258 e. The standard InChI is InChI=1S/C16H16N2O3/c1-20-14-7-3-6-12(15(14)21-2)16(19)18-9-11-5-4-8-17-13(11)10-18/h3-8H,9-10H2,1-2H3. The van der Waals surface area contributed by atoms with Gasteiger partial charge in [0, 0.05) is 12.7 Å². The number of pyridine rings is 1. The predicted octanol–water partition coefficient (Wildman–Crippen LogP) is 2.25. The lowest BCUT2D eigenvalue weighted by molar-refractivity contribution is 0.0746. The first kappa shape index (κ1) is 13.4. The van der Waals surface area contributed by atoms with E-state index in [4.69, 9.17) is 9.47 Å². The number of ether oxygens (including phenoxy) is 2. The topological polar surface area (TPSA) is 51.7 Å². The molecule has 1 aromatic heterocycles. The van der Waals surface area contributed by atoms with Gasteiger partial charge in [0.05, 0.1) is 32.0 Å². The number of nitrogens with zero attached hydrogens (tertiary/aromatic N) is 2. The Kier molecular flexibility index (Phi) is 3.48. The van der Waals surface area contributed by atoms with E-state index in [2.05, 4.69) is 4.98 Å². The van der Waals surface area contributed by atoms with E-state index in [0.29, 0.717) is 30.2 Å². The Morgan fingerprint density at radius 1 is 1.14 bits per heavy atom. The zero-order chi connectivity index (χ0) is 14.8. The maximum absolute atomic E-state index is 12.7. The Morgan fingerprint density at radius 2 is 2.00 bits per heavy atom. The van der Waals surface area contributed by atoms with Gasteiger partial charge in [0.15, 0.2) is 11.5 Å². The predicted molar refractivity (Wildman–Crippen MR) is 77.4 cm³/mol. The molecule has 0 unspecified atom stereocenters. The normalized spacial score (nSPS) is 13.0. The van der Waals surface area contributed by atoms with Crippen LogP contribution in [0.25, 0.3) is 0 Å². The number of hydrogen-bond donors (Lipinski definition) is 0.